The van der Waals surface area contributed by atoms with Crippen LogP contribution in [0.1, 0.15) is 47.5 Å². The summed E-state index contributed by atoms with van der Waals surface area (Å²) in [5.74, 6) is 0.912. The summed E-state index contributed by atoms with van der Waals surface area (Å²) in [6.45, 7) is 3.85. The summed E-state index contributed by atoms with van der Waals surface area (Å²) in [6, 6.07) is 0. The van der Waals surface area contributed by atoms with E-state index in [1.807, 2.05) is 0 Å². The van der Waals surface area contributed by atoms with Crippen LogP contribution in [0.5, 0.6) is 0 Å². The standard InChI is InChI=1S/C12H17NOS/c1-3-8-4-5-9-10(6-8)15-12(13)11(9)7(2)14/h8H,3-6,13H2,1-2H3. The van der Waals surface area contributed by atoms with E-state index in [-0.39, 0.29) is 5.78 Å². The normalized spacial score (nSPS) is 20.0. The minimum Gasteiger partial charge on any atom is -0.390 e. The molecule has 1 aromatic rings. The molecule has 0 saturated carbocycles. The Labute approximate surface area is 94.5 Å². The predicted octanol–water partition coefficient (Wildman–Crippen LogP) is 3.05. The van der Waals surface area contributed by atoms with E-state index >= 15 is 0 Å². The molecular weight excluding hydrogens is 206 g/mol. The van der Waals surface area contributed by atoms with E-state index in [0.29, 0.717) is 0 Å². The molecular formula is C12H17NOS. The number of nitrogen functional groups attached to an aromatic ring is 1. The summed E-state index contributed by atoms with van der Waals surface area (Å²) in [7, 11) is 0. The summed E-state index contributed by atoms with van der Waals surface area (Å²) < 4.78 is 0. The van der Waals surface area contributed by atoms with Gasteiger partial charge >= 0.3 is 0 Å². The highest BCUT2D eigenvalue weighted by molar-refractivity contribution is 7.16. The summed E-state index contributed by atoms with van der Waals surface area (Å²) in [5, 5.41) is 0.726. The third-order valence-electron chi connectivity index (χ3n) is 3.32. The fraction of sp³-hybridized carbons (Fsp3) is 0.583. The monoisotopic (exact) mass is 223 g/mol. The number of rotatable bonds is 2. The summed E-state index contributed by atoms with van der Waals surface area (Å²) in [4.78, 5) is 12.8. The van der Waals surface area contributed by atoms with Gasteiger partial charge in [-0.3, -0.25) is 4.79 Å². The molecule has 0 saturated heterocycles. The molecule has 1 aliphatic rings. The van der Waals surface area contributed by atoms with E-state index in [4.69, 9.17) is 5.73 Å². The molecule has 1 aromatic heterocycles. The number of Topliss-reactive ketones (excluding diaryl/α,β-unsaturated/α-hetero) is 1. The average Bonchev–Trinajstić information content (AvgIpc) is 2.52. The Morgan fingerprint density at radius 2 is 2.33 bits per heavy atom. The molecule has 0 bridgehead atoms. The van der Waals surface area contributed by atoms with Gasteiger partial charge in [0.2, 0.25) is 0 Å². The van der Waals surface area contributed by atoms with E-state index < -0.39 is 0 Å². The third-order valence-corrected chi connectivity index (χ3v) is 4.41. The minimum atomic E-state index is 0.125. The van der Waals surface area contributed by atoms with Gasteiger partial charge in [-0.25, -0.2) is 0 Å². The molecule has 82 valence electrons. The van der Waals surface area contributed by atoms with Crippen LogP contribution in [-0.4, -0.2) is 5.78 Å². The smallest absolute Gasteiger partial charge is 0.163 e. The van der Waals surface area contributed by atoms with Crippen LogP contribution in [0.3, 0.4) is 0 Å². The molecule has 0 fully saturated rings. The van der Waals surface area contributed by atoms with E-state index in [0.717, 1.165) is 29.3 Å². The second kappa shape index (κ2) is 3.97. The van der Waals surface area contributed by atoms with Crippen molar-refractivity contribution in [1.29, 1.82) is 0 Å². The topological polar surface area (TPSA) is 43.1 Å². The van der Waals surface area contributed by atoms with Crippen molar-refractivity contribution in [3.05, 3.63) is 16.0 Å². The summed E-state index contributed by atoms with van der Waals surface area (Å²) in [6.07, 6.45) is 4.59. The number of anilines is 1. The van der Waals surface area contributed by atoms with Crippen molar-refractivity contribution in [2.75, 3.05) is 5.73 Å². The predicted molar refractivity (Wildman–Crippen MR) is 64.5 cm³/mol. The van der Waals surface area contributed by atoms with Gasteiger partial charge in [-0.1, -0.05) is 13.3 Å². The zero-order valence-electron chi connectivity index (χ0n) is 9.30. The number of carbonyl (C=O) groups is 1. The second-order valence-corrected chi connectivity index (χ2v) is 5.45. The van der Waals surface area contributed by atoms with E-state index in [1.165, 1.54) is 23.3 Å². The lowest BCUT2D eigenvalue weighted by Crippen LogP contribution is -2.13. The highest BCUT2D eigenvalue weighted by Crippen LogP contribution is 2.38. The fourth-order valence-electron chi connectivity index (χ4n) is 2.41. The molecule has 0 aliphatic heterocycles. The maximum absolute atomic E-state index is 11.5. The number of hydrogen-bond donors (Lipinski definition) is 1. The first-order chi connectivity index (χ1) is 7.13. The first-order valence-electron chi connectivity index (χ1n) is 5.54. The van der Waals surface area contributed by atoms with Crippen molar-refractivity contribution in [1.82, 2.24) is 0 Å². The largest absolute Gasteiger partial charge is 0.390 e. The van der Waals surface area contributed by atoms with Crippen molar-refractivity contribution in [3.8, 4) is 0 Å². The van der Waals surface area contributed by atoms with E-state index in [2.05, 4.69) is 6.92 Å². The Hall–Kier alpha value is -0.830. The molecule has 1 atom stereocenters. The number of nitrogens with two attached hydrogens (primary N) is 1. The van der Waals surface area contributed by atoms with Gasteiger partial charge < -0.3 is 5.73 Å². The van der Waals surface area contributed by atoms with Crippen molar-refractivity contribution < 1.29 is 4.79 Å². The molecule has 1 unspecified atom stereocenters. The zero-order chi connectivity index (χ0) is 11.0. The zero-order valence-corrected chi connectivity index (χ0v) is 10.1. The van der Waals surface area contributed by atoms with E-state index in [1.54, 1.807) is 18.3 Å². The van der Waals surface area contributed by atoms with Crippen LogP contribution in [0.25, 0.3) is 0 Å². The van der Waals surface area contributed by atoms with Gasteiger partial charge in [0.05, 0.1) is 10.6 Å². The number of thiophene rings is 1. The molecule has 1 heterocycles. The van der Waals surface area contributed by atoms with Gasteiger partial charge in [-0.2, -0.15) is 0 Å². The molecule has 0 amide bonds. The Kier molecular flexibility index (Phi) is 2.83. The third kappa shape index (κ3) is 1.81. The average molecular weight is 223 g/mol. The van der Waals surface area contributed by atoms with Gasteiger partial charge in [0.25, 0.3) is 0 Å². The number of fused-ring (bicyclic) bond motifs is 1. The molecule has 0 radical (unpaired) electrons. The fourth-order valence-corrected chi connectivity index (χ4v) is 3.69. The highest BCUT2D eigenvalue weighted by Gasteiger charge is 2.25. The van der Waals surface area contributed by atoms with E-state index in [9.17, 15) is 4.79 Å². The molecule has 15 heavy (non-hydrogen) atoms. The maximum atomic E-state index is 11.5. The van der Waals surface area contributed by atoms with Gasteiger partial charge in [0, 0.05) is 4.88 Å². The van der Waals surface area contributed by atoms with Crippen molar-refractivity contribution in [2.24, 2.45) is 5.92 Å². The van der Waals surface area contributed by atoms with Crippen LogP contribution in [0.2, 0.25) is 0 Å². The van der Waals surface area contributed by atoms with Crippen LogP contribution in [-0.2, 0) is 12.8 Å². The minimum absolute atomic E-state index is 0.125. The summed E-state index contributed by atoms with van der Waals surface area (Å²) in [5.41, 5.74) is 7.96. The Morgan fingerprint density at radius 3 is 2.93 bits per heavy atom. The lowest BCUT2D eigenvalue weighted by molar-refractivity contribution is 0.101. The second-order valence-electron chi connectivity index (χ2n) is 4.32. The van der Waals surface area contributed by atoms with Crippen LogP contribution >= 0.6 is 11.3 Å². The molecule has 2 N–H and O–H groups in total. The van der Waals surface area contributed by atoms with Gasteiger partial charge in [-0.15, -0.1) is 11.3 Å². The maximum Gasteiger partial charge on any atom is 0.163 e. The highest BCUT2D eigenvalue weighted by atomic mass is 32.1. The van der Waals surface area contributed by atoms with Crippen LogP contribution < -0.4 is 5.73 Å². The summed E-state index contributed by atoms with van der Waals surface area (Å²) >= 11 is 1.62. The quantitative estimate of drug-likeness (QED) is 0.783. The molecule has 1 aliphatic carbocycles. The molecule has 2 rings (SSSR count). The Balaban J connectivity index is 2.39. The van der Waals surface area contributed by atoms with Crippen molar-refractivity contribution >= 4 is 22.1 Å². The van der Waals surface area contributed by atoms with Gasteiger partial charge in [-0.05, 0) is 37.7 Å². The van der Waals surface area contributed by atoms with Crippen LogP contribution in [0, 0.1) is 5.92 Å². The van der Waals surface area contributed by atoms with Crippen molar-refractivity contribution in [3.63, 3.8) is 0 Å². The molecule has 3 heteroatoms. The number of hydrogen-bond acceptors (Lipinski definition) is 3. The molecule has 0 spiro atoms. The Morgan fingerprint density at radius 1 is 1.60 bits per heavy atom. The lowest BCUT2D eigenvalue weighted by Gasteiger charge is -2.20. The Bertz CT molecular complexity index is 395. The first-order valence-corrected chi connectivity index (χ1v) is 6.36. The molecule has 2 nitrogen and oxygen atoms in total. The van der Waals surface area contributed by atoms with Crippen LogP contribution in [0.4, 0.5) is 5.00 Å². The van der Waals surface area contributed by atoms with Gasteiger partial charge in [0.15, 0.2) is 5.78 Å². The van der Waals surface area contributed by atoms with Gasteiger partial charge in [0.1, 0.15) is 0 Å². The number of ketones is 1. The SMILES string of the molecule is CCC1CCc2c(sc(N)c2C(C)=O)C1. The number of carbonyl (C=O) groups excluding carboxylic acids is 1. The molecule has 0 aromatic carbocycles. The van der Waals surface area contributed by atoms with Crippen LogP contribution in [0.15, 0.2) is 0 Å². The first kappa shape index (κ1) is 10.7. The van der Waals surface area contributed by atoms with Crippen molar-refractivity contribution in [2.45, 2.75) is 39.5 Å². The lowest BCUT2D eigenvalue weighted by atomic mass is 9.85.